The van der Waals surface area contributed by atoms with Crippen LogP contribution in [0, 0.1) is 11.2 Å². The van der Waals surface area contributed by atoms with Crippen LogP contribution in [-0.2, 0) is 16.2 Å². The van der Waals surface area contributed by atoms with Gasteiger partial charge in [-0.2, -0.15) is 0 Å². The Kier molecular flexibility index (Phi) is 6.01. The van der Waals surface area contributed by atoms with Crippen LogP contribution in [0.2, 0.25) is 0 Å². The van der Waals surface area contributed by atoms with Crippen LogP contribution >= 0.6 is 0 Å². The minimum absolute atomic E-state index is 0.00895. The first-order valence-corrected chi connectivity index (χ1v) is 11.9. The fourth-order valence-electron chi connectivity index (χ4n) is 5.15. The first kappa shape index (κ1) is 23.0. The number of ether oxygens (including phenoxy) is 1. The number of benzene rings is 3. The van der Waals surface area contributed by atoms with E-state index >= 15 is 0 Å². The Morgan fingerprint density at radius 3 is 2.31 bits per heavy atom. The topological polar surface area (TPSA) is 46.6 Å². The molecule has 4 nitrogen and oxygen atoms in total. The van der Waals surface area contributed by atoms with E-state index in [0.717, 1.165) is 22.5 Å². The number of nitrogens with zero attached hydrogens (tertiary/aromatic N) is 1. The molecule has 1 aliphatic carbocycles. The molecule has 35 heavy (non-hydrogen) atoms. The van der Waals surface area contributed by atoms with E-state index in [4.69, 9.17) is 4.74 Å². The van der Waals surface area contributed by atoms with Gasteiger partial charge in [0.05, 0.1) is 0 Å². The number of allylic oxidation sites excluding steroid dienone is 2. The molecule has 1 aliphatic heterocycles. The van der Waals surface area contributed by atoms with E-state index in [2.05, 4.69) is 13.8 Å². The van der Waals surface area contributed by atoms with Gasteiger partial charge in [-0.1, -0.05) is 62.4 Å². The highest BCUT2D eigenvalue weighted by molar-refractivity contribution is 6.07. The van der Waals surface area contributed by atoms with Crippen molar-refractivity contribution in [2.24, 2.45) is 5.41 Å². The fourth-order valence-corrected chi connectivity index (χ4v) is 5.15. The summed E-state index contributed by atoms with van der Waals surface area (Å²) in [5, 5.41) is 0. The minimum atomic E-state index is -0.300. The predicted octanol–water partition coefficient (Wildman–Crippen LogP) is 6.57. The van der Waals surface area contributed by atoms with Gasteiger partial charge in [-0.05, 0) is 47.7 Å². The second-order valence-corrected chi connectivity index (χ2v) is 10.1. The Balaban J connectivity index is 1.46. The van der Waals surface area contributed by atoms with Crippen LogP contribution in [0.1, 0.15) is 50.2 Å². The largest absolute Gasteiger partial charge is 0.489 e. The molecule has 0 saturated carbocycles. The third-order valence-electron chi connectivity index (χ3n) is 6.79. The quantitative estimate of drug-likeness (QED) is 0.425. The molecule has 0 radical (unpaired) electrons. The molecule has 0 aromatic heterocycles. The van der Waals surface area contributed by atoms with Gasteiger partial charge in [0.2, 0.25) is 5.91 Å². The number of carbonyl (C=O) groups excluding carboxylic acids is 2. The number of halogens is 1. The van der Waals surface area contributed by atoms with Crippen LogP contribution in [0.25, 0.3) is 0 Å². The molecule has 178 valence electrons. The first-order valence-electron chi connectivity index (χ1n) is 11.9. The molecular weight excluding hydrogens is 441 g/mol. The Labute approximate surface area is 205 Å². The number of Topliss-reactive ketones (excluding diaryl/α,β-unsaturated/α-hetero) is 1. The van der Waals surface area contributed by atoms with E-state index in [1.54, 1.807) is 23.1 Å². The average Bonchev–Trinajstić information content (AvgIpc) is 2.83. The van der Waals surface area contributed by atoms with Crippen molar-refractivity contribution in [2.75, 3.05) is 4.90 Å². The summed E-state index contributed by atoms with van der Waals surface area (Å²) in [5.41, 5.74) is 3.54. The minimum Gasteiger partial charge on any atom is -0.489 e. The molecule has 0 N–H and O–H groups in total. The molecule has 2 aliphatic rings. The van der Waals surface area contributed by atoms with Crippen molar-refractivity contribution >= 4 is 17.4 Å². The van der Waals surface area contributed by atoms with Crippen LogP contribution < -0.4 is 9.64 Å². The molecular formula is C30H28FNO3. The lowest BCUT2D eigenvalue weighted by Gasteiger charge is -2.43. The van der Waals surface area contributed by atoms with Gasteiger partial charge in [0.25, 0.3) is 0 Å². The van der Waals surface area contributed by atoms with Crippen LogP contribution in [0.3, 0.4) is 0 Å². The Morgan fingerprint density at radius 1 is 0.914 bits per heavy atom. The maximum Gasteiger partial charge on any atom is 0.232 e. The number of ketones is 1. The van der Waals surface area contributed by atoms with E-state index in [1.807, 2.05) is 54.6 Å². The zero-order chi connectivity index (χ0) is 24.6. The van der Waals surface area contributed by atoms with Gasteiger partial charge < -0.3 is 4.74 Å². The monoisotopic (exact) mass is 469 g/mol. The van der Waals surface area contributed by atoms with Crippen LogP contribution in [0.15, 0.2) is 90.1 Å². The van der Waals surface area contributed by atoms with E-state index in [1.165, 1.54) is 6.07 Å². The van der Waals surface area contributed by atoms with Crippen LogP contribution in [-0.4, -0.2) is 11.7 Å². The number of rotatable bonds is 5. The third kappa shape index (κ3) is 4.63. The highest BCUT2D eigenvalue weighted by atomic mass is 19.1. The SMILES string of the molecule is CC1(C)CC(=O)C2=C(C1)N(c1ccccc1)C(=O)CC2c1ccc(OCc2ccccc2F)cc1. The molecule has 5 heteroatoms. The standard InChI is InChI=1S/C30H28FNO3/c1-30(2)17-26-29(27(33)18-30)24(16-28(34)32(26)22-9-4-3-5-10-22)20-12-14-23(15-13-20)35-19-21-8-6-7-11-25(21)31/h3-15,24H,16-19H2,1-2H3. The Morgan fingerprint density at radius 2 is 1.60 bits per heavy atom. The first-order chi connectivity index (χ1) is 16.8. The molecule has 0 saturated heterocycles. The lowest BCUT2D eigenvalue weighted by atomic mass is 9.69. The second-order valence-electron chi connectivity index (χ2n) is 10.1. The van der Waals surface area contributed by atoms with Gasteiger partial charge in [0.15, 0.2) is 5.78 Å². The molecule has 3 aromatic rings. The second kappa shape index (κ2) is 9.14. The summed E-state index contributed by atoms with van der Waals surface area (Å²) in [6, 6.07) is 23.5. The predicted molar refractivity (Wildman–Crippen MR) is 134 cm³/mol. The molecule has 1 amide bonds. The molecule has 0 bridgehead atoms. The normalized spacial score (nSPS) is 19.5. The molecule has 0 fully saturated rings. The van der Waals surface area contributed by atoms with Crippen molar-refractivity contribution in [3.8, 4) is 5.75 Å². The van der Waals surface area contributed by atoms with Crippen molar-refractivity contribution < 1.29 is 18.7 Å². The lowest BCUT2D eigenvalue weighted by Crippen LogP contribution is -2.43. The number of amides is 1. The highest BCUT2D eigenvalue weighted by Gasteiger charge is 2.44. The fraction of sp³-hybridized carbons (Fsp3) is 0.267. The van der Waals surface area contributed by atoms with Gasteiger partial charge in [-0.25, -0.2) is 4.39 Å². The summed E-state index contributed by atoms with van der Waals surface area (Å²) < 4.78 is 19.7. The zero-order valence-electron chi connectivity index (χ0n) is 20.0. The average molecular weight is 470 g/mol. The van der Waals surface area contributed by atoms with Crippen molar-refractivity contribution in [2.45, 2.75) is 45.6 Å². The number of hydrogen-bond donors (Lipinski definition) is 0. The smallest absolute Gasteiger partial charge is 0.232 e. The summed E-state index contributed by atoms with van der Waals surface area (Å²) in [5.74, 6) is 0.114. The van der Waals surface area contributed by atoms with Gasteiger partial charge in [-0.3, -0.25) is 14.5 Å². The lowest BCUT2D eigenvalue weighted by molar-refractivity contribution is -0.121. The van der Waals surface area contributed by atoms with E-state index < -0.39 is 0 Å². The Hall–Kier alpha value is -3.73. The van der Waals surface area contributed by atoms with Crippen molar-refractivity contribution in [3.63, 3.8) is 0 Å². The Bertz CT molecular complexity index is 1290. The molecule has 5 rings (SSSR count). The van der Waals surface area contributed by atoms with Gasteiger partial charge in [-0.15, -0.1) is 0 Å². The number of para-hydroxylation sites is 1. The molecule has 1 heterocycles. The molecule has 3 aromatic carbocycles. The maximum absolute atomic E-state index is 13.9. The van der Waals surface area contributed by atoms with E-state index in [0.29, 0.717) is 24.2 Å². The van der Waals surface area contributed by atoms with Crippen molar-refractivity contribution in [1.82, 2.24) is 0 Å². The van der Waals surface area contributed by atoms with Gasteiger partial charge in [0.1, 0.15) is 18.2 Å². The maximum atomic E-state index is 13.9. The van der Waals surface area contributed by atoms with E-state index in [9.17, 15) is 14.0 Å². The van der Waals surface area contributed by atoms with Crippen molar-refractivity contribution in [3.05, 3.63) is 107 Å². The van der Waals surface area contributed by atoms with Crippen LogP contribution in [0.4, 0.5) is 10.1 Å². The van der Waals surface area contributed by atoms with Crippen LogP contribution in [0.5, 0.6) is 5.75 Å². The van der Waals surface area contributed by atoms with Gasteiger partial charge >= 0.3 is 0 Å². The van der Waals surface area contributed by atoms with Crippen molar-refractivity contribution in [1.29, 1.82) is 0 Å². The molecule has 1 unspecified atom stereocenters. The number of anilines is 1. The van der Waals surface area contributed by atoms with E-state index in [-0.39, 0.29) is 41.9 Å². The molecule has 0 spiro atoms. The van der Waals surface area contributed by atoms with Gasteiger partial charge in [0, 0.05) is 41.3 Å². The number of hydrogen-bond acceptors (Lipinski definition) is 3. The number of carbonyl (C=O) groups is 2. The zero-order valence-corrected chi connectivity index (χ0v) is 20.0. The summed E-state index contributed by atoms with van der Waals surface area (Å²) in [6.07, 6.45) is 1.35. The summed E-state index contributed by atoms with van der Waals surface area (Å²) in [7, 11) is 0. The third-order valence-corrected chi connectivity index (χ3v) is 6.79. The summed E-state index contributed by atoms with van der Waals surface area (Å²) in [6.45, 7) is 4.28. The molecule has 1 atom stereocenters. The summed E-state index contributed by atoms with van der Waals surface area (Å²) >= 11 is 0. The summed E-state index contributed by atoms with van der Waals surface area (Å²) in [4.78, 5) is 28.6. The highest BCUT2D eigenvalue weighted by Crippen LogP contribution is 2.48.